The Morgan fingerprint density at radius 1 is 1.10 bits per heavy atom. The van der Waals surface area contributed by atoms with Crippen LogP contribution in [0.3, 0.4) is 0 Å². The number of halogens is 1. The Labute approximate surface area is 173 Å². The van der Waals surface area contributed by atoms with E-state index in [0.29, 0.717) is 22.0 Å². The SMILES string of the molecule is CCc1ccc(NC(=O)COc2ccc(Cl)cc2/C=N\NC(=O)C(=O)NC)cc1. The third-order valence-electron chi connectivity index (χ3n) is 3.78. The standard InChI is InChI=1S/C20H21ClN4O4/c1-3-13-4-7-16(8-5-13)24-18(26)12-29-17-9-6-15(21)10-14(17)11-23-25-20(28)19(27)22-2/h4-11H,3,12H2,1-2H3,(H,22,27)(H,24,26)(H,25,28)/b23-11-. The van der Waals surface area contributed by atoms with Gasteiger partial charge in [0.1, 0.15) is 5.75 Å². The Bertz CT molecular complexity index is 913. The highest BCUT2D eigenvalue weighted by atomic mass is 35.5. The highest BCUT2D eigenvalue weighted by molar-refractivity contribution is 6.35. The van der Waals surface area contributed by atoms with Gasteiger partial charge in [-0.05, 0) is 42.3 Å². The Balaban J connectivity index is 1.98. The van der Waals surface area contributed by atoms with Gasteiger partial charge >= 0.3 is 11.8 Å². The number of hydrazone groups is 1. The van der Waals surface area contributed by atoms with Gasteiger partial charge in [0.15, 0.2) is 6.61 Å². The predicted molar refractivity (Wildman–Crippen MR) is 111 cm³/mol. The van der Waals surface area contributed by atoms with Crippen LogP contribution in [0.1, 0.15) is 18.1 Å². The molecule has 9 heteroatoms. The first-order valence-corrected chi connectivity index (χ1v) is 9.17. The van der Waals surface area contributed by atoms with Crippen LogP contribution in [-0.4, -0.2) is 37.6 Å². The number of carbonyl (C=O) groups is 3. The molecule has 0 fully saturated rings. The number of nitrogens with zero attached hydrogens (tertiary/aromatic N) is 1. The molecule has 3 amide bonds. The molecule has 0 aromatic heterocycles. The van der Waals surface area contributed by atoms with Crippen molar-refractivity contribution in [2.75, 3.05) is 19.0 Å². The van der Waals surface area contributed by atoms with Gasteiger partial charge in [0.25, 0.3) is 5.91 Å². The molecule has 29 heavy (non-hydrogen) atoms. The summed E-state index contributed by atoms with van der Waals surface area (Å²) in [5, 5.41) is 9.04. The molecule has 0 aliphatic carbocycles. The first kappa shape index (κ1) is 21.9. The molecule has 0 heterocycles. The summed E-state index contributed by atoms with van der Waals surface area (Å²) in [4.78, 5) is 34.7. The summed E-state index contributed by atoms with van der Waals surface area (Å²) >= 11 is 5.98. The van der Waals surface area contributed by atoms with Crippen molar-refractivity contribution in [2.45, 2.75) is 13.3 Å². The second-order valence-corrected chi connectivity index (χ2v) is 6.28. The van der Waals surface area contributed by atoms with Crippen LogP contribution < -0.4 is 20.8 Å². The number of amides is 3. The quantitative estimate of drug-likeness (QED) is 0.365. The molecule has 152 valence electrons. The molecule has 0 spiro atoms. The van der Waals surface area contributed by atoms with Crippen LogP contribution in [0.25, 0.3) is 0 Å². The molecule has 2 aromatic carbocycles. The van der Waals surface area contributed by atoms with Gasteiger partial charge in [-0.15, -0.1) is 0 Å². The maximum atomic E-state index is 12.1. The molecule has 0 unspecified atom stereocenters. The molecule has 0 aliphatic rings. The van der Waals surface area contributed by atoms with Crippen LogP contribution in [0.15, 0.2) is 47.6 Å². The predicted octanol–water partition coefficient (Wildman–Crippen LogP) is 2.12. The lowest BCUT2D eigenvalue weighted by Gasteiger charge is -2.10. The van der Waals surface area contributed by atoms with Gasteiger partial charge in [-0.25, -0.2) is 5.43 Å². The average Bonchev–Trinajstić information content (AvgIpc) is 2.73. The summed E-state index contributed by atoms with van der Waals surface area (Å²) in [6, 6.07) is 12.3. The lowest BCUT2D eigenvalue weighted by atomic mass is 10.1. The van der Waals surface area contributed by atoms with Crippen molar-refractivity contribution >= 4 is 41.2 Å². The van der Waals surface area contributed by atoms with E-state index >= 15 is 0 Å². The van der Waals surface area contributed by atoms with E-state index in [1.54, 1.807) is 18.2 Å². The van der Waals surface area contributed by atoms with Crippen molar-refractivity contribution in [2.24, 2.45) is 5.10 Å². The fourth-order valence-corrected chi connectivity index (χ4v) is 2.42. The topological polar surface area (TPSA) is 109 Å². The van der Waals surface area contributed by atoms with Crippen LogP contribution >= 0.6 is 11.6 Å². The van der Waals surface area contributed by atoms with Crippen LogP contribution in [0.2, 0.25) is 5.02 Å². The van der Waals surface area contributed by atoms with Crippen molar-refractivity contribution < 1.29 is 19.1 Å². The summed E-state index contributed by atoms with van der Waals surface area (Å²) < 4.78 is 5.54. The van der Waals surface area contributed by atoms with Gasteiger partial charge in [-0.2, -0.15) is 5.10 Å². The minimum absolute atomic E-state index is 0.234. The number of anilines is 1. The van der Waals surface area contributed by atoms with Gasteiger partial charge in [-0.1, -0.05) is 30.7 Å². The van der Waals surface area contributed by atoms with Crippen LogP contribution in [0.5, 0.6) is 5.75 Å². The Hall–Kier alpha value is -3.39. The van der Waals surface area contributed by atoms with Gasteiger partial charge in [0.2, 0.25) is 0 Å². The fraction of sp³-hybridized carbons (Fsp3) is 0.200. The molecule has 0 saturated carbocycles. The number of rotatable bonds is 7. The number of nitrogens with one attached hydrogen (secondary N) is 3. The highest BCUT2D eigenvalue weighted by Gasteiger charge is 2.10. The van der Waals surface area contributed by atoms with Crippen molar-refractivity contribution in [3.8, 4) is 5.75 Å². The number of likely N-dealkylation sites (N-methyl/N-ethyl adjacent to an activating group) is 1. The van der Waals surface area contributed by atoms with Crippen molar-refractivity contribution in [3.63, 3.8) is 0 Å². The van der Waals surface area contributed by atoms with E-state index in [2.05, 4.69) is 28.1 Å². The summed E-state index contributed by atoms with van der Waals surface area (Å²) in [5.41, 5.74) is 4.35. The van der Waals surface area contributed by atoms with Crippen molar-refractivity contribution in [1.29, 1.82) is 0 Å². The average molecular weight is 417 g/mol. The normalized spacial score (nSPS) is 10.4. The van der Waals surface area contributed by atoms with Crippen molar-refractivity contribution in [3.05, 3.63) is 58.6 Å². The Kier molecular flexibility index (Phi) is 8.17. The number of hydrogen-bond donors (Lipinski definition) is 3. The maximum Gasteiger partial charge on any atom is 0.329 e. The molecule has 2 aromatic rings. The van der Waals surface area contributed by atoms with E-state index in [0.717, 1.165) is 6.42 Å². The minimum atomic E-state index is -0.915. The van der Waals surface area contributed by atoms with Gasteiger partial charge in [0, 0.05) is 23.3 Å². The lowest BCUT2D eigenvalue weighted by Crippen LogP contribution is -2.35. The number of hydrogen-bond acceptors (Lipinski definition) is 5. The second-order valence-electron chi connectivity index (χ2n) is 5.85. The number of carbonyl (C=O) groups excluding carboxylic acids is 3. The lowest BCUT2D eigenvalue weighted by molar-refractivity contribution is -0.138. The molecule has 3 N–H and O–H groups in total. The van der Waals surface area contributed by atoms with Gasteiger partial charge < -0.3 is 15.4 Å². The molecule has 0 atom stereocenters. The molecular formula is C20H21ClN4O4. The van der Waals surface area contributed by atoms with E-state index in [9.17, 15) is 14.4 Å². The van der Waals surface area contributed by atoms with E-state index in [-0.39, 0.29) is 12.5 Å². The summed E-state index contributed by atoms with van der Waals surface area (Å²) in [6.45, 7) is 1.82. The Morgan fingerprint density at radius 2 is 1.83 bits per heavy atom. The molecule has 0 radical (unpaired) electrons. The van der Waals surface area contributed by atoms with E-state index in [1.165, 1.54) is 18.8 Å². The maximum absolute atomic E-state index is 12.1. The third kappa shape index (κ3) is 6.93. The molecule has 0 aliphatic heterocycles. The molecule has 8 nitrogen and oxygen atoms in total. The van der Waals surface area contributed by atoms with Gasteiger partial charge in [0.05, 0.1) is 6.21 Å². The molecular weight excluding hydrogens is 396 g/mol. The second kappa shape index (κ2) is 10.8. The molecule has 0 saturated heterocycles. The van der Waals surface area contributed by atoms with Crippen LogP contribution in [-0.2, 0) is 20.8 Å². The zero-order valence-corrected chi connectivity index (χ0v) is 16.7. The summed E-state index contributed by atoms with van der Waals surface area (Å²) in [5.74, 6) is -1.74. The first-order chi connectivity index (χ1) is 13.9. The fourth-order valence-electron chi connectivity index (χ4n) is 2.24. The summed E-state index contributed by atoms with van der Waals surface area (Å²) in [7, 11) is 1.33. The minimum Gasteiger partial charge on any atom is -0.483 e. The van der Waals surface area contributed by atoms with Crippen LogP contribution in [0, 0.1) is 0 Å². The number of benzene rings is 2. The van der Waals surface area contributed by atoms with E-state index < -0.39 is 11.8 Å². The molecule has 2 rings (SSSR count). The number of aryl methyl sites for hydroxylation is 1. The first-order valence-electron chi connectivity index (χ1n) is 8.79. The largest absolute Gasteiger partial charge is 0.483 e. The van der Waals surface area contributed by atoms with E-state index in [1.807, 2.05) is 24.3 Å². The highest BCUT2D eigenvalue weighted by Crippen LogP contribution is 2.21. The number of ether oxygens (including phenoxy) is 1. The summed E-state index contributed by atoms with van der Waals surface area (Å²) in [6.07, 6.45) is 2.19. The van der Waals surface area contributed by atoms with Crippen molar-refractivity contribution in [1.82, 2.24) is 10.7 Å². The van der Waals surface area contributed by atoms with Crippen LogP contribution in [0.4, 0.5) is 5.69 Å². The Morgan fingerprint density at radius 3 is 2.48 bits per heavy atom. The monoisotopic (exact) mass is 416 g/mol. The molecule has 0 bridgehead atoms. The zero-order valence-electron chi connectivity index (χ0n) is 16.0. The third-order valence-corrected chi connectivity index (χ3v) is 4.01. The zero-order chi connectivity index (χ0) is 21.2. The van der Waals surface area contributed by atoms with Gasteiger partial charge in [-0.3, -0.25) is 14.4 Å². The smallest absolute Gasteiger partial charge is 0.329 e. The van der Waals surface area contributed by atoms with E-state index in [4.69, 9.17) is 16.3 Å².